The van der Waals surface area contributed by atoms with Crippen LogP contribution in [0.15, 0.2) is 0 Å². The van der Waals surface area contributed by atoms with Gasteiger partial charge in [0.05, 0.1) is 11.5 Å². The van der Waals surface area contributed by atoms with Crippen LogP contribution in [0, 0.1) is 11.8 Å². The van der Waals surface area contributed by atoms with E-state index in [2.05, 4.69) is 5.32 Å². The van der Waals surface area contributed by atoms with Crippen molar-refractivity contribution in [2.75, 3.05) is 6.61 Å². The summed E-state index contributed by atoms with van der Waals surface area (Å²) < 4.78 is 6.08. The SMILES string of the molecule is O=C(O)C1CCCC(C(=O)NC2CCOC3(CCCCC3)C2)C1. The number of rotatable bonds is 3. The highest BCUT2D eigenvalue weighted by Crippen LogP contribution is 2.39. The lowest BCUT2D eigenvalue weighted by Crippen LogP contribution is -2.50. The second kappa shape index (κ2) is 7.20. The third kappa shape index (κ3) is 4.06. The minimum absolute atomic E-state index is 0.00931. The average molecular weight is 323 g/mol. The first-order chi connectivity index (χ1) is 11.1. The van der Waals surface area contributed by atoms with Crippen molar-refractivity contribution in [3.63, 3.8) is 0 Å². The van der Waals surface area contributed by atoms with Gasteiger partial charge in [-0.05, 0) is 44.9 Å². The van der Waals surface area contributed by atoms with Gasteiger partial charge in [-0.15, -0.1) is 0 Å². The van der Waals surface area contributed by atoms with Crippen molar-refractivity contribution in [2.24, 2.45) is 11.8 Å². The Morgan fingerprint density at radius 2 is 1.74 bits per heavy atom. The molecule has 1 amide bonds. The van der Waals surface area contributed by atoms with Crippen molar-refractivity contribution < 1.29 is 19.4 Å². The van der Waals surface area contributed by atoms with Gasteiger partial charge in [-0.2, -0.15) is 0 Å². The van der Waals surface area contributed by atoms with E-state index in [1.807, 2.05) is 0 Å². The van der Waals surface area contributed by atoms with E-state index in [1.165, 1.54) is 19.3 Å². The third-order valence-electron chi connectivity index (χ3n) is 6.00. The molecule has 3 aliphatic rings. The first-order valence-corrected chi connectivity index (χ1v) is 9.25. The van der Waals surface area contributed by atoms with Crippen molar-refractivity contribution in [3.05, 3.63) is 0 Å². The topological polar surface area (TPSA) is 75.6 Å². The van der Waals surface area contributed by atoms with Crippen LogP contribution >= 0.6 is 0 Å². The summed E-state index contributed by atoms with van der Waals surface area (Å²) in [7, 11) is 0. The number of carbonyl (C=O) groups is 2. The maximum atomic E-state index is 12.6. The fraction of sp³-hybridized carbons (Fsp3) is 0.889. The second-order valence-corrected chi connectivity index (χ2v) is 7.69. The average Bonchev–Trinajstić information content (AvgIpc) is 2.55. The molecule has 0 radical (unpaired) electrons. The third-order valence-corrected chi connectivity index (χ3v) is 6.00. The van der Waals surface area contributed by atoms with E-state index in [-0.39, 0.29) is 29.4 Å². The van der Waals surface area contributed by atoms with Crippen LogP contribution in [0.5, 0.6) is 0 Å². The minimum atomic E-state index is -0.755. The molecule has 23 heavy (non-hydrogen) atoms. The molecule has 0 aromatic heterocycles. The number of nitrogens with one attached hydrogen (secondary N) is 1. The van der Waals surface area contributed by atoms with Crippen LogP contribution in [0.1, 0.15) is 70.6 Å². The first-order valence-electron chi connectivity index (χ1n) is 9.25. The van der Waals surface area contributed by atoms with Crippen LogP contribution in [0.4, 0.5) is 0 Å². The molecule has 3 fully saturated rings. The number of amides is 1. The van der Waals surface area contributed by atoms with E-state index in [0.717, 1.165) is 45.1 Å². The van der Waals surface area contributed by atoms with Gasteiger partial charge >= 0.3 is 5.97 Å². The number of carbonyl (C=O) groups excluding carboxylic acids is 1. The smallest absolute Gasteiger partial charge is 0.306 e. The van der Waals surface area contributed by atoms with Crippen molar-refractivity contribution in [1.29, 1.82) is 0 Å². The zero-order valence-electron chi connectivity index (χ0n) is 13.9. The summed E-state index contributed by atoms with van der Waals surface area (Å²) in [6.07, 6.45) is 10.6. The Morgan fingerprint density at radius 3 is 2.48 bits per heavy atom. The molecule has 1 heterocycles. The van der Waals surface area contributed by atoms with E-state index >= 15 is 0 Å². The fourth-order valence-corrected chi connectivity index (χ4v) is 4.67. The monoisotopic (exact) mass is 323 g/mol. The second-order valence-electron chi connectivity index (χ2n) is 7.69. The molecule has 3 rings (SSSR count). The van der Waals surface area contributed by atoms with Crippen LogP contribution in [0.2, 0.25) is 0 Å². The Labute approximate surface area is 138 Å². The van der Waals surface area contributed by atoms with Gasteiger partial charge in [0.25, 0.3) is 0 Å². The predicted molar refractivity (Wildman–Crippen MR) is 86.0 cm³/mol. The highest BCUT2D eigenvalue weighted by Gasteiger charge is 2.40. The van der Waals surface area contributed by atoms with Gasteiger partial charge < -0.3 is 15.2 Å². The van der Waals surface area contributed by atoms with Gasteiger partial charge in [-0.3, -0.25) is 9.59 Å². The number of hydrogen-bond donors (Lipinski definition) is 2. The first kappa shape index (κ1) is 16.7. The zero-order chi connectivity index (χ0) is 16.3. The zero-order valence-corrected chi connectivity index (χ0v) is 13.9. The number of carboxylic acids is 1. The van der Waals surface area contributed by atoms with Crippen LogP contribution in [-0.4, -0.2) is 35.2 Å². The number of aliphatic carboxylic acids is 1. The van der Waals surface area contributed by atoms with Crippen molar-refractivity contribution in [2.45, 2.75) is 82.3 Å². The molecule has 130 valence electrons. The fourth-order valence-electron chi connectivity index (χ4n) is 4.67. The Kier molecular flexibility index (Phi) is 5.24. The van der Waals surface area contributed by atoms with Crippen LogP contribution in [0.3, 0.4) is 0 Å². The van der Waals surface area contributed by atoms with Gasteiger partial charge in [0.1, 0.15) is 0 Å². The molecule has 1 saturated heterocycles. The molecule has 5 nitrogen and oxygen atoms in total. The number of hydrogen-bond acceptors (Lipinski definition) is 3. The van der Waals surface area contributed by atoms with Crippen molar-refractivity contribution >= 4 is 11.9 Å². The molecule has 2 aliphatic carbocycles. The summed E-state index contributed by atoms with van der Waals surface area (Å²) in [4.78, 5) is 23.7. The van der Waals surface area contributed by atoms with Crippen molar-refractivity contribution in [3.8, 4) is 0 Å². The normalized spacial score (nSPS) is 34.0. The Morgan fingerprint density at radius 1 is 1.00 bits per heavy atom. The highest BCUT2D eigenvalue weighted by atomic mass is 16.5. The van der Waals surface area contributed by atoms with E-state index in [9.17, 15) is 14.7 Å². The lowest BCUT2D eigenvalue weighted by molar-refractivity contribution is -0.144. The van der Waals surface area contributed by atoms with Crippen LogP contribution in [0.25, 0.3) is 0 Å². The largest absolute Gasteiger partial charge is 0.481 e. The van der Waals surface area contributed by atoms with Gasteiger partial charge in [-0.25, -0.2) is 0 Å². The molecule has 0 bridgehead atoms. The molecular weight excluding hydrogens is 294 g/mol. The van der Waals surface area contributed by atoms with E-state index in [4.69, 9.17) is 4.74 Å². The van der Waals surface area contributed by atoms with Gasteiger partial charge in [-0.1, -0.05) is 25.7 Å². The standard InChI is InChI=1S/C18H29NO4/c20-16(13-5-4-6-14(11-13)17(21)22)19-15-7-10-23-18(12-15)8-2-1-3-9-18/h13-15H,1-12H2,(H,19,20)(H,21,22). The van der Waals surface area contributed by atoms with Gasteiger partial charge in [0, 0.05) is 18.6 Å². The minimum Gasteiger partial charge on any atom is -0.481 e. The predicted octanol–water partition coefficient (Wildman–Crippen LogP) is 2.88. The maximum Gasteiger partial charge on any atom is 0.306 e. The molecule has 1 spiro atoms. The highest BCUT2D eigenvalue weighted by molar-refractivity contribution is 5.80. The van der Waals surface area contributed by atoms with Gasteiger partial charge in [0.15, 0.2) is 0 Å². The van der Waals surface area contributed by atoms with Crippen LogP contribution < -0.4 is 5.32 Å². The summed E-state index contributed by atoms with van der Waals surface area (Å²) in [5.41, 5.74) is -0.00931. The molecule has 0 aromatic rings. The quantitative estimate of drug-likeness (QED) is 0.837. The molecule has 2 N–H and O–H groups in total. The summed E-state index contributed by atoms with van der Waals surface area (Å²) in [5, 5.41) is 12.4. The Hall–Kier alpha value is -1.10. The Balaban J connectivity index is 1.53. The molecule has 3 atom stereocenters. The molecule has 2 saturated carbocycles. The molecule has 0 aromatic carbocycles. The lowest BCUT2D eigenvalue weighted by atomic mass is 9.77. The number of carboxylic acid groups (broad SMARTS) is 1. The maximum absolute atomic E-state index is 12.6. The molecular formula is C18H29NO4. The summed E-state index contributed by atoms with van der Waals surface area (Å²) in [5.74, 6) is -1.17. The van der Waals surface area contributed by atoms with E-state index < -0.39 is 5.97 Å². The Bertz CT molecular complexity index is 439. The van der Waals surface area contributed by atoms with Crippen molar-refractivity contribution in [1.82, 2.24) is 5.32 Å². The van der Waals surface area contributed by atoms with E-state index in [0.29, 0.717) is 12.8 Å². The molecule has 3 unspecified atom stereocenters. The summed E-state index contributed by atoms with van der Waals surface area (Å²) >= 11 is 0. The molecule has 5 heteroatoms. The summed E-state index contributed by atoms with van der Waals surface area (Å²) in [6, 6.07) is 0.194. The lowest BCUT2D eigenvalue weighted by Gasteiger charge is -2.44. The molecule has 1 aliphatic heterocycles. The summed E-state index contributed by atoms with van der Waals surface area (Å²) in [6.45, 7) is 0.730. The van der Waals surface area contributed by atoms with Gasteiger partial charge in [0.2, 0.25) is 5.91 Å². The van der Waals surface area contributed by atoms with Crippen LogP contribution in [-0.2, 0) is 14.3 Å². The van der Waals surface area contributed by atoms with E-state index in [1.54, 1.807) is 0 Å². The number of ether oxygens (including phenoxy) is 1.